The molecule has 0 saturated heterocycles. The molecule has 0 fully saturated rings. The molecule has 0 amide bonds. The molecular weight excluding hydrogens is 399 g/mol. The minimum Gasteiger partial charge on any atom is -0.478 e. The highest BCUT2D eigenvalue weighted by atomic mass is 79.9. The topological polar surface area (TPSA) is 54.4 Å². The molecule has 2 rings (SSSR count). The molecule has 0 radical (unpaired) electrons. The molecule has 0 saturated carbocycles. The van der Waals surface area contributed by atoms with Crippen molar-refractivity contribution in [1.29, 1.82) is 0 Å². The van der Waals surface area contributed by atoms with E-state index in [2.05, 4.69) is 15.9 Å². The zero-order valence-electron chi connectivity index (χ0n) is 10.5. The molecule has 7 heteroatoms. The third-order valence-electron chi connectivity index (χ3n) is 2.74. The second-order valence-electron chi connectivity index (χ2n) is 4.18. The molecule has 0 heterocycles. The van der Waals surface area contributed by atoms with Gasteiger partial charge in [0.05, 0.1) is 32.2 Å². The Labute approximate surface area is 142 Å². The standard InChI is InChI=1S/C14H9BrCl2O3S/c15-11-5-8(14(18)19)1-2-9(11)7-21(20)10-3-4-12(16)13(17)6-10/h1-6H,7H2,(H,18,19). The first-order valence-corrected chi connectivity index (χ1v) is 8.60. The van der Waals surface area contributed by atoms with E-state index in [1.807, 2.05) is 0 Å². The first-order chi connectivity index (χ1) is 9.88. The van der Waals surface area contributed by atoms with Crippen molar-refractivity contribution in [3.05, 3.63) is 62.0 Å². The lowest BCUT2D eigenvalue weighted by Crippen LogP contribution is -2.00. The molecule has 1 atom stereocenters. The van der Waals surface area contributed by atoms with Crippen LogP contribution in [0.4, 0.5) is 0 Å². The summed E-state index contributed by atoms with van der Waals surface area (Å²) in [6.07, 6.45) is 0. The summed E-state index contributed by atoms with van der Waals surface area (Å²) in [6, 6.07) is 9.43. The summed E-state index contributed by atoms with van der Waals surface area (Å²) in [4.78, 5) is 11.4. The average molecular weight is 408 g/mol. The van der Waals surface area contributed by atoms with Crippen molar-refractivity contribution >= 4 is 55.9 Å². The zero-order chi connectivity index (χ0) is 15.6. The van der Waals surface area contributed by atoms with Crippen LogP contribution in [0.5, 0.6) is 0 Å². The molecule has 2 aromatic rings. The van der Waals surface area contributed by atoms with Gasteiger partial charge in [0.15, 0.2) is 0 Å². The molecule has 0 aliphatic carbocycles. The monoisotopic (exact) mass is 406 g/mol. The number of hydrogen-bond acceptors (Lipinski definition) is 2. The van der Waals surface area contributed by atoms with Gasteiger partial charge >= 0.3 is 5.97 Å². The van der Waals surface area contributed by atoms with Crippen LogP contribution in [0.2, 0.25) is 10.0 Å². The van der Waals surface area contributed by atoms with E-state index in [1.165, 1.54) is 12.1 Å². The van der Waals surface area contributed by atoms with Crippen molar-refractivity contribution in [3.8, 4) is 0 Å². The maximum atomic E-state index is 12.3. The van der Waals surface area contributed by atoms with Crippen molar-refractivity contribution in [3.63, 3.8) is 0 Å². The van der Waals surface area contributed by atoms with Gasteiger partial charge in [-0.05, 0) is 35.9 Å². The fraction of sp³-hybridized carbons (Fsp3) is 0.0714. The molecule has 0 bridgehead atoms. The lowest BCUT2D eigenvalue weighted by Gasteiger charge is -2.07. The molecule has 110 valence electrons. The van der Waals surface area contributed by atoms with Crippen molar-refractivity contribution in [2.75, 3.05) is 0 Å². The normalized spacial score (nSPS) is 12.1. The highest BCUT2D eigenvalue weighted by Crippen LogP contribution is 2.26. The van der Waals surface area contributed by atoms with Crippen LogP contribution >= 0.6 is 39.1 Å². The average Bonchev–Trinajstić information content (AvgIpc) is 2.43. The molecule has 0 aliphatic rings. The van der Waals surface area contributed by atoms with Crippen LogP contribution in [-0.2, 0) is 16.6 Å². The summed E-state index contributed by atoms with van der Waals surface area (Å²) in [5, 5.41) is 9.67. The fourth-order valence-corrected chi connectivity index (χ4v) is 3.88. The summed E-state index contributed by atoms with van der Waals surface area (Å²) >= 11 is 15.0. The Morgan fingerprint density at radius 1 is 1.14 bits per heavy atom. The largest absolute Gasteiger partial charge is 0.478 e. The number of hydrogen-bond donors (Lipinski definition) is 1. The van der Waals surface area contributed by atoms with Gasteiger partial charge in [-0.3, -0.25) is 4.21 Å². The number of carboxylic acid groups (broad SMARTS) is 1. The molecule has 21 heavy (non-hydrogen) atoms. The van der Waals surface area contributed by atoms with Crippen molar-refractivity contribution in [2.24, 2.45) is 0 Å². The van der Waals surface area contributed by atoms with Crippen molar-refractivity contribution in [2.45, 2.75) is 10.6 Å². The van der Waals surface area contributed by atoms with E-state index in [4.69, 9.17) is 28.3 Å². The molecule has 3 nitrogen and oxygen atoms in total. The minimum atomic E-state index is -1.30. The summed E-state index contributed by atoms with van der Waals surface area (Å²) in [6.45, 7) is 0. The van der Waals surface area contributed by atoms with Gasteiger partial charge in [0, 0.05) is 9.37 Å². The number of benzene rings is 2. The van der Waals surface area contributed by atoms with Gasteiger partial charge in [0.2, 0.25) is 0 Å². The summed E-state index contributed by atoms with van der Waals surface area (Å²) in [5.74, 6) is -0.758. The van der Waals surface area contributed by atoms with Gasteiger partial charge in [-0.25, -0.2) is 4.79 Å². The summed E-state index contributed by atoms with van der Waals surface area (Å²) in [5.41, 5.74) is 0.926. The first kappa shape index (κ1) is 16.5. The van der Waals surface area contributed by atoms with Crippen LogP contribution < -0.4 is 0 Å². The van der Waals surface area contributed by atoms with Gasteiger partial charge in [-0.2, -0.15) is 0 Å². The fourth-order valence-electron chi connectivity index (χ4n) is 1.64. The second-order valence-corrected chi connectivity index (χ2v) is 7.30. The molecule has 2 aromatic carbocycles. The maximum absolute atomic E-state index is 12.3. The number of carbonyl (C=O) groups is 1. The molecule has 0 spiro atoms. The quantitative estimate of drug-likeness (QED) is 0.794. The van der Waals surface area contributed by atoms with E-state index in [0.29, 0.717) is 19.4 Å². The van der Waals surface area contributed by atoms with Crippen LogP contribution in [0.25, 0.3) is 0 Å². The van der Waals surface area contributed by atoms with Crippen LogP contribution in [0.1, 0.15) is 15.9 Å². The van der Waals surface area contributed by atoms with E-state index < -0.39 is 16.8 Å². The Morgan fingerprint density at radius 3 is 2.43 bits per heavy atom. The lowest BCUT2D eigenvalue weighted by molar-refractivity contribution is 0.0697. The van der Waals surface area contributed by atoms with Crippen LogP contribution in [0.15, 0.2) is 45.8 Å². The predicted molar refractivity (Wildman–Crippen MR) is 87.7 cm³/mol. The maximum Gasteiger partial charge on any atom is 0.335 e. The van der Waals surface area contributed by atoms with Crippen LogP contribution in [0.3, 0.4) is 0 Å². The van der Waals surface area contributed by atoms with E-state index in [0.717, 1.165) is 5.56 Å². The molecule has 0 aromatic heterocycles. The second kappa shape index (κ2) is 6.92. The van der Waals surface area contributed by atoms with Gasteiger partial charge in [0.1, 0.15) is 0 Å². The Balaban J connectivity index is 2.23. The highest BCUT2D eigenvalue weighted by molar-refractivity contribution is 9.10. The molecule has 1 N–H and O–H groups in total. The smallest absolute Gasteiger partial charge is 0.335 e. The van der Waals surface area contributed by atoms with Gasteiger partial charge < -0.3 is 5.11 Å². The third-order valence-corrected chi connectivity index (χ3v) is 5.57. The lowest BCUT2D eigenvalue weighted by atomic mass is 10.1. The minimum absolute atomic E-state index is 0.172. The summed E-state index contributed by atoms with van der Waals surface area (Å²) in [7, 11) is -1.30. The van der Waals surface area contributed by atoms with Gasteiger partial charge in [0.25, 0.3) is 0 Å². The summed E-state index contributed by atoms with van der Waals surface area (Å²) < 4.78 is 12.9. The number of rotatable bonds is 4. The van der Waals surface area contributed by atoms with E-state index in [1.54, 1.807) is 24.3 Å². The van der Waals surface area contributed by atoms with Crippen LogP contribution in [0, 0.1) is 0 Å². The number of aromatic carboxylic acids is 1. The van der Waals surface area contributed by atoms with Gasteiger partial charge in [-0.1, -0.05) is 45.2 Å². The highest BCUT2D eigenvalue weighted by Gasteiger charge is 2.12. The Bertz CT molecular complexity index is 734. The zero-order valence-corrected chi connectivity index (χ0v) is 14.4. The van der Waals surface area contributed by atoms with Gasteiger partial charge in [-0.15, -0.1) is 0 Å². The molecule has 1 unspecified atom stereocenters. The van der Waals surface area contributed by atoms with E-state index >= 15 is 0 Å². The number of halogens is 3. The van der Waals surface area contributed by atoms with E-state index in [-0.39, 0.29) is 11.3 Å². The number of carboxylic acids is 1. The first-order valence-electron chi connectivity index (χ1n) is 5.73. The van der Waals surface area contributed by atoms with E-state index in [9.17, 15) is 9.00 Å². The molecule has 0 aliphatic heterocycles. The van der Waals surface area contributed by atoms with Crippen molar-refractivity contribution in [1.82, 2.24) is 0 Å². The SMILES string of the molecule is O=C(O)c1ccc(CS(=O)c2ccc(Cl)c(Cl)c2)c(Br)c1. The Morgan fingerprint density at radius 2 is 1.86 bits per heavy atom. The third kappa shape index (κ3) is 4.07. The van der Waals surface area contributed by atoms with Crippen molar-refractivity contribution < 1.29 is 14.1 Å². The molecular formula is C14H9BrCl2O3S. The van der Waals surface area contributed by atoms with Crippen LogP contribution in [-0.4, -0.2) is 15.3 Å². The Kier molecular flexibility index (Phi) is 5.43. The predicted octanol–water partition coefficient (Wildman–Crippen LogP) is 4.76. The Hall–Kier alpha value is -0.880.